The standard InChI is InChI=1S/C15H28N2O4/c1-3-4-12(5-6-14(18)19)7-9-16-15(20)17-13-8-10-21-11(13)2/h11-13H,3-10H2,1-2H3,(H,18,19)(H2,16,17,20). The fraction of sp³-hybridized carbons (Fsp3) is 0.867. The Morgan fingerprint density at radius 2 is 2.10 bits per heavy atom. The fourth-order valence-electron chi connectivity index (χ4n) is 2.70. The molecule has 1 aliphatic heterocycles. The average Bonchev–Trinajstić information content (AvgIpc) is 2.81. The highest BCUT2D eigenvalue weighted by molar-refractivity contribution is 5.74. The maximum Gasteiger partial charge on any atom is 0.315 e. The van der Waals surface area contributed by atoms with Crippen LogP contribution in [0.1, 0.15) is 52.4 Å². The molecule has 1 heterocycles. The minimum absolute atomic E-state index is 0.0687. The average molecular weight is 300 g/mol. The topological polar surface area (TPSA) is 87.7 Å². The Morgan fingerprint density at radius 1 is 1.33 bits per heavy atom. The lowest BCUT2D eigenvalue weighted by Crippen LogP contribution is -2.45. The molecule has 6 heteroatoms. The number of carbonyl (C=O) groups is 2. The minimum atomic E-state index is -0.753. The van der Waals surface area contributed by atoms with Crippen molar-refractivity contribution in [2.24, 2.45) is 5.92 Å². The number of nitrogens with one attached hydrogen (secondary N) is 2. The number of hydrogen-bond acceptors (Lipinski definition) is 3. The van der Waals surface area contributed by atoms with Crippen LogP contribution >= 0.6 is 0 Å². The van der Waals surface area contributed by atoms with Gasteiger partial charge >= 0.3 is 12.0 Å². The molecule has 1 fully saturated rings. The van der Waals surface area contributed by atoms with Crippen LogP contribution in [0.4, 0.5) is 4.79 Å². The summed E-state index contributed by atoms with van der Waals surface area (Å²) in [5.74, 6) is -0.392. The van der Waals surface area contributed by atoms with Gasteiger partial charge in [-0.05, 0) is 32.1 Å². The van der Waals surface area contributed by atoms with Crippen LogP contribution in [0.5, 0.6) is 0 Å². The van der Waals surface area contributed by atoms with Crippen LogP contribution in [0.3, 0.4) is 0 Å². The van der Waals surface area contributed by atoms with E-state index < -0.39 is 5.97 Å². The van der Waals surface area contributed by atoms with Crippen molar-refractivity contribution in [2.75, 3.05) is 13.2 Å². The molecule has 0 radical (unpaired) electrons. The number of ether oxygens (including phenoxy) is 1. The molecule has 3 N–H and O–H groups in total. The number of carbonyl (C=O) groups excluding carboxylic acids is 1. The summed E-state index contributed by atoms with van der Waals surface area (Å²) in [7, 11) is 0. The Bertz CT molecular complexity index is 336. The number of amides is 2. The molecule has 3 unspecified atom stereocenters. The number of rotatable bonds is 9. The first-order valence-electron chi connectivity index (χ1n) is 7.90. The van der Waals surface area contributed by atoms with Gasteiger partial charge in [0.25, 0.3) is 0 Å². The molecule has 122 valence electrons. The number of carboxylic acid groups (broad SMARTS) is 1. The smallest absolute Gasteiger partial charge is 0.315 e. The second-order valence-electron chi connectivity index (χ2n) is 5.75. The lowest BCUT2D eigenvalue weighted by molar-refractivity contribution is -0.137. The summed E-state index contributed by atoms with van der Waals surface area (Å²) < 4.78 is 5.40. The minimum Gasteiger partial charge on any atom is -0.481 e. The Labute approximate surface area is 126 Å². The summed E-state index contributed by atoms with van der Waals surface area (Å²) in [6.07, 6.45) is 4.67. The van der Waals surface area contributed by atoms with Crippen molar-refractivity contribution >= 4 is 12.0 Å². The zero-order chi connectivity index (χ0) is 15.7. The Hall–Kier alpha value is -1.30. The molecule has 0 saturated carbocycles. The number of carboxylic acids is 1. The van der Waals surface area contributed by atoms with Crippen molar-refractivity contribution in [3.63, 3.8) is 0 Å². The first-order chi connectivity index (χ1) is 10.0. The van der Waals surface area contributed by atoms with E-state index in [1.54, 1.807) is 0 Å². The molecule has 1 aliphatic rings. The van der Waals surface area contributed by atoms with Gasteiger partial charge < -0.3 is 20.5 Å². The molecule has 2 amide bonds. The summed E-state index contributed by atoms with van der Waals surface area (Å²) in [5, 5.41) is 14.5. The summed E-state index contributed by atoms with van der Waals surface area (Å²) in [6.45, 7) is 5.33. The first-order valence-corrected chi connectivity index (χ1v) is 7.90. The lowest BCUT2D eigenvalue weighted by atomic mass is 9.94. The van der Waals surface area contributed by atoms with Gasteiger partial charge in [-0.2, -0.15) is 0 Å². The SMILES string of the molecule is CCCC(CCNC(=O)NC1CCOC1C)CCC(=O)O. The largest absolute Gasteiger partial charge is 0.481 e. The second kappa shape index (κ2) is 9.60. The van der Waals surface area contributed by atoms with Crippen molar-refractivity contribution in [1.29, 1.82) is 0 Å². The third-order valence-electron chi connectivity index (χ3n) is 3.99. The van der Waals surface area contributed by atoms with E-state index in [-0.39, 0.29) is 24.6 Å². The molecule has 1 rings (SSSR count). The van der Waals surface area contributed by atoms with Crippen molar-refractivity contribution < 1.29 is 19.4 Å². The van der Waals surface area contributed by atoms with Crippen LogP contribution in [0.2, 0.25) is 0 Å². The van der Waals surface area contributed by atoms with E-state index in [4.69, 9.17) is 9.84 Å². The van der Waals surface area contributed by atoms with Crippen LogP contribution in [0.15, 0.2) is 0 Å². The van der Waals surface area contributed by atoms with Gasteiger partial charge in [0, 0.05) is 19.6 Å². The molecule has 6 nitrogen and oxygen atoms in total. The molecule has 0 aromatic carbocycles. The molecular formula is C15H28N2O4. The molecule has 0 bridgehead atoms. The molecule has 3 atom stereocenters. The normalized spacial score (nSPS) is 22.8. The zero-order valence-corrected chi connectivity index (χ0v) is 13.1. The summed E-state index contributed by atoms with van der Waals surface area (Å²) in [6, 6.07) is -0.0747. The lowest BCUT2D eigenvalue weighted by Gasteiger charge is -2.18. The van der Waals surface area contributed by atoms with Gasteiger partial charge in [-0.15, -0.1) is 0 Å². The highest BCUT2D eigenvalue weighted by atomic mass is 16.5. The molecule has 0 aromatic rings. The maximum absolute atomic E-state index is 11.8. The van der Waals surface area contributed by atoms with E-state index >= 15 is 0 Å². The van der Waals surface area contributed by atoms with E-state index in [1.807, 2.05) is 6.92 Å². The van der Waals surface area contributed by atoms with Gasteiger partial charge in [0.1, 0.15) is 0 Å². The summed E-state index contributed by atoms with van der Waals surface area (Å²) >= 11 is 0. The van der Waals surface area contributed by atoms with Crippen molar-refractivity contribution in [3.8, 4) is 0 Å². The van der Waals surface area contributed by atoms with Gasteiger partial charge in [0.2, 0.25) is 0 Å². The maximum atomic E-state index is 11.8. The van der Waals surface area contributed by atoms with Gasteiger partial charge in [0.15, 0.2) is 0 Å². The Balaban J connectivity index is 2.19. The van der Waals surface area contributed by atoms with E-state index in [2.05, 4.69) is 17.6 Å². The van der Waals surface area contributed by atoms with Crippen LogP contribution in [0.25, 0.3) is 0 Å². The van der Waals surface area contributed by atoms with Crippen LogP contribution in [0, 0.1) is 5.92 Å². The number of urea groups is 1. The second-order valence-corrected chi connectivity index (χ2v) is 5.75. The highest BCUT2D eigenvalue weighted by Crippen LogP contribution is 2.17. The molecular weight excluding hydrogens is 272 g/mol. The molecule has 1 saturated heterocycles. The van der Waals surface area contributed by atoms with Gasteiger partial charge in [-0.3, -0.25) is 4.79 Å². The number of aliphatic carboxylic acids is 1. The van der Waals surface area contributed by atoms with E-state index in [0.29, 0.717) is 25.5 Å². The summed E-state index contributed by atoms with van der Waals surface area (Å²) in [4.78, 5) is 22.4. The quantitative estimate of drug-likeness (QED) is 0.609. The Kier molecular flexibility index (Phi) is 8.12. The van der Waals surface area contributed by atoms with Gasteiger partial charge in [-0.1, -0.05) is 19.8 Å². The van der Waals surface area contributed by atoms with Gasteiger partial charge in [-0.25, -0.2) is 4.79 Å². The Morgan fingerprint density at radius 3 is 2.67 bits per heavy atom. The van der Waals surface area contributed by atoms with Crippen molar-refractivity contribution in [3.05, 3.63) is 0 Å². The fourth-order valence-corrected chi connectivity index (χ4v) is 2.70. The van der Waals surface area contributed by atoms with E-state index in [0.717, 1.165) is 25.7 Å². The van der Waals surface area contributed by atoms with Crippen LogP contribution in [-0.2, 0) is 9.53 Å². The third kappa shape index (κ3) is 7.32. The monoisotopic (exact) mass is 300 g/mol. The predicted octanol–water partition coefficient (Wildman–Crippen LogP) is 2.13. The van der Waals surface area contributed by atoms with Crippen LogP contribution in [-0.4, -0.2) is 42.4 Å². The number of hydrogen-bond donors (Lipinski definition) is 3. The highest BCUT2D eigenvalue weighted by Gasteiger charge is 2.25. The predicted molar refractivity (Wildman–Crippen MR) is 80.2 cm³/mol. The van der Waals surface area contributed by atoms with E-state index in [9.17, 15) is 9.59 Å². The van der Waals surface area contributed by atoms with Crippen LogP contribution < -0.4 is 10.6 Å². The summed E-state index contributed by atoms with van der Waals surface area (Å²) in [5.41, 5.74) is 0. The molecule has 0 spiro atoms. The third-order valence-corrected chi connectivity index (χ3v) is 3.99. The first kappa shape index (κ1) is 17.8. The molecule has 21 heavy (non-hydrogen) atoms. The van der Waals surface area contributed by atoms with Crippen molar-refractivity contribution in [1.82, 2.24) is 10.6 Å². The molecule has 0 aromatic heterocycles. The zero-order valence-electron chi connectivity index (χ0n) is 13.1. The van der Waals surface area contributed by atoms with Gasteiger partial charge in [0.05, 0.1) is 12.1 Å². The molecule has 0 aliphatic carbocycles. The van der Waals surface area contributed by atoms with Crippen molar-refractivity contribution in [2.45, 2.75) is 64.5 Å². The van der Waals surface area contributed by atoms with E-state index in [1.165, 1.54) is 0 Å².